The van der Waals surface area contributed by atoms with E-state index in [2.05, 4.69) is 5.32 Å². The van der Waals surface area contributed by atoms with Crippen molar-refractivity contribution in [2.75, 3.05) is 23.4 Å². The van der Waals surface area contributed by atoms with E-state index in [4.69, 9.17) is 11.6 Å². The van der Waals surface area contributed by atoms with Crippen LogP contribution in [0.25, 0.3) is 0 Å². The average molecular weight is 303 g/mol. The number of hydrogen-bond acceptors (Lipinski definition) is 3. The monoisotopic (exact) mass is 302 g/mol. The van der Waals surface area contributed by atoms with E-state index in [-0.39, 0.29) is 30.1 Å². The van der Waals surface area contributed by atoms with Crippen LogP contribution in [0.3, 0.4) is 0 Å². The van der Waals surface area contributed by atoms with E-state index in [0.717, 1.165) is 0 Å². The van der Waals surface area contributed by atoms with Gasteiger partial charge in [-0.15, -0.1) is 0 Å². The van der Waals surface area contributed by atoms with Gasteiger partial charge in [0.05, 0.1) is 11.5 Å². The minimum absolute atomic E-state index is 0.00989. The van der Waals surface area contributed by atoms with Gasteiger partial charge in [-0.2, -0.15) is 0 Å². The minimum Gasteiger partial charge on any atom is -0.320 e. The molecule has 1 N–H and O–H groups in total. The summed E-state index contributed by atoms with van der Waals surface area (Å²) in [5.41, 5.74) is 0.595. The Labute approximate surface area is 117 Å². The van der Waals surface area contributed by atoms with Crippen molar-refractivity contribution < 1.29 is 13.2 Å². The summed E-state index contributed by atoms with van der Waals surface area (Å²) in [4.78, 5) is 13.6. The molecule has 1 aromatic carbocycles. The smallest absolute Gasteiger partial charge is 0.320 e. The minimum atomic E-state index is -3.02. The Morgan fingerprint density at radius 2 is 2.21 bits per heavy atom. The second-order valence-corrected chi connectivity index (χ2v) is 7.26. The van der Waals surface area contributed by atoms with Crippen LogP contribution in [0, 0.1) is 0 Å². The lowest BCUT2D eigenvalue weighted by molar-refractivity contribution is 0.199. The van der Waals surface area contributed by atoms with Gasteiger partial charge >= 0.3 is 6.03 Å². The number of amides is 2. The highest BCUT2D eigenvalue weighted by Crippen LogP contribution is 2.17. The molecule has 19 heavy (non-hydrogen) atoms. The van der Waals surface area contributed by atoms with Gasteiger partial charge < -0.3 is 10.2 Å². The molecule has 2 rings (SSSR count). The quantitative estimate of drug-likeness (QED) is 0.862. The summed E-state index contributed by atoms with van der Waals surface area (Å²) in [6.45, 7) is 1.95. The standard InChI is InChI=1S/C12H15ClN2O3S/c1-9-8-19(17,18)6-5-15(9)12(16)14-11-4-2-3-10(13)7-11/h2-4,7,9H,5-6,8H2,1H3,(H,14,16). The van der Waals surface area contributed by atoms with E-state index in [1.54, 1.807) is 31.2 Å². The summed E-state index contributed by atoms with van der Waals surface area (Å²) in [7, 11) is -3.02. The number of halogens is 1. The SMILES string of the molecule is CC1CS(=O)(=O)CCN1C(=O)Nc1cccc(Cl)c1. The summed E-state index contributed by atoms with van der Waals surface area (Å²) < 4.78 is 22.9. The molecule has 7 heteroatoms. The van der Waals surface area contributed by atoms with Crippen LogP contribution >= 0.6 is 11.6 Å². The second-order valence-electron chi connectivity index (χ2n) is 4.60. The Balaban J connectivity index is 2.05. The normalized spacial score (nSPS) is 22.0. The first-order valence-corrected chi connectivity index (χ1v) is 8.11. The number of anilines is 1. The topological polar surface area (TPSA) is 66.5 Å². The molecule has 0 spiro atoms. The highest BCUT2D eigenvalue weighted by molar-refractivity contribution is 7.91. The summed E-state index contributed by atoms with van der Waals surface area (Å²) in [6.07, 6.45) is 0. The van der Waals surface area contributed by atoms with Gasteiger partial charge in [-0.25, -0.2) is 13.2 Å². The number of hydrogen-bond donors (Lipinski definition) is 1. The van der Waals surface area contributed by atoms with Gasteiger partial charge in [0.15, 0.2) is 9.84 Å². The fourth-order valence-corrected chi connectivity index (χ4v) is 3.81. The van der Waals surface area contributed by atoms with Crippen LogP contribution in [-0.2, 0) is 9.84 Å². The van der Waals surface area contributed by atoms with E-state index >= 15 is 0 Å². The zero-order valence-electron chi connectivity index (χ0n) is 10.5. The molecular weight excluding hydrogens is 288 g/mol. The van der Waals surface area contributed by atoms with Crippen molar-refractivity contribution in [2.45, 2.75) is 13.0 Å². The molecule has 0 aromatic heterocycles. The highest BCUT2D eigenvalue weighted by atomic mass is 35.5. The molecule has 1 heterocycles. The van der Waals surface area contributed by atoms with Crippen molar-refractivity contribution in [2.24, 2.45) is 0 Å². The van der Waals surface area contributed by atoms with Crippen molar-refractivity contribution >= 4 is 33.2 Å². The first-order valence-electron chi connectivity index (χ1n) is 5.91. The van der Waals surface area contributed by atoms with Gasteiger partial charge in [0.25, 0.3) is 0 Å². The van der Waals surface area contributed by atoms with E-state index in [9.17, 15) is 13.2 Å². The number of carbonyl (C=O) groups excluding carboxylic acids is 1. The van der Waals surface area contributed by atoms with Gasteiger partial charge in [-0.05, 0) is 25.1 Å². The maximum atomic E-state index is 12.1. The predicted molar refractivity (Wildman–Crippen MR) is 75.3 cm³/mol. The van der Waals surface area contributed by atoms with Crippen LogP contribution in [0.15, 0.2) is 24.3 Å². The van der Waals surface area contributed by atoms with Crippen LogP contribution in [0.1, 0.15) is 6.92 Å². The van der Waals surface area contributed by atoms with Crippen molar-refractivity contribution in [3.05, 3.63) is 29.3 Å². The van der Waals surface area contributed by atoms with Crippen molar-refractivity contribution in [1.82, 2.24) is 4.90 Å². The van der Waals surface area contributed by atoms with Crippen molar-refractivity contribution in [3.63, 3.8) is 0 Å². The predicted octanol–water partition coefficient (Wildman–Crippen LogP) is 1.99. The van der Waals surface area contributed by atoms with Gasteiger partial charge in [0, 0.05) is 23.3 Å². The number of nitrogens with zero attached hydrogens (tertiary/aromatic N) is 1. The molecule has 2 amide bonds. The Morgan fingerprint density at radius 1 is 1.47 bits per heavy atom. The van der Waals surface area contributed by atoms with Crippen LogP contribution in [0.5, 0.6) is 0 Å². The Kier molecular flexibility index (Phi) is 4.01. The summed E-state index contributed by atoms with van der Waals surface area (Å²) in [5.74, 6) is 0.0241. The van der Waals surface area contributed by atoms with Gasteiger partial charge in [0.1, 0.15) is 0 Å². The van der Waals surface area contributed by atoms with Crippen molar-refractivity contribution in [3.8, 4) is 0 Å². The van der Waals surface area contributed by atoms with E-state index in [0.29, 0.717) is 10.7 Å². The molecule has 0 radical (unpaired) electrons. The zero-order chi connectivity index (χ0) is 14.0. The molecule has 1 saturated heterocycles. The summed E-state index contributed by atoms with van der Waals surface area (Å²) in [6, 6.07) is 6.21. The molecule has 5 nitrogen and oxygen atoms in total. The van der Waals surface area contributed by atoms with Crippen LogP contribution in [-0.4, -0.2) is 43.4 Å². The number of nitrogens with one attached hydrogen (secondary N) is 1. The van der Waals surface area contributed by atoms with Crippen LogP contribution in [0.2, 0.25) is 5.02 Å². The molecule has 1 atom stereocenters. The molecule has 0 bridgehead atoms. The van der Waals surface area contributed by atoms with Crippen molar-refractivity contribution in [1.29, 1.82) is 0 Å². The molecule has 0 aliphatic carbocycles. The first-order chi connectivity index (χ1) is 8.87. The lowest BCUT2D eigenvalue weighted by Crippen LogP contribution is -2.51. The maximum absolute atomic E-state index is 12.1. The third-order valence-corrected chi connectivity index (χ3v) is 5.04. The number of rotatable bonds is 1. The largest absolute Gasteiger partial charge is 0.322 e. The molecule has 1 fully saturated rings. The molecular formula is C12H15ClN2O3S. The Bertz CT molecular complexity index is 588. The lowest BCUT2D eigenvalue weighted by Gasteiger charge is -2.33. The number of sulfone groups is 1. The highest BCUT2D eigenvalue weighted by Gasteiger charge is 2.31. The second kappa shape index (κ2) is 5.38. The van der Waals surface area contributed by atoms with Gasteiger partial charge in [0.2, 0.25) is 0 Å². The first kappa shape index (κ1) is 14.1. The average Bonchev–Trinajstić information content (AvgIpc) is 2.27. The molecule has 1 aliphatic rings. The fourth-order valence-electron chi connectivity index (χ4n) is 2.06. The molecule has 1 unspecified atom stereocenters. The van der Waals surface area contributed by atoms with Crippen LogP contribution in [0.4, 0.5) is 10.5 Å². The lowest BCUT2D eigenvalue weighted by atomic mass is 10.3. The molecule has 0 saturated carbocycles. The summed E-state index contributed by atoms with van der Waals surface area (Å²) >= 11 is 5.84. The van der Waals surface area contributed by atoms with Gasteiger partial charge in [-0.1, -0.05) is 17.7 Å². The maximum Gasteiger partial charge on any atom is 0.322 e. The fraction of sp³-hybridized carbons (Fsp3) is 0.417. The van der Waals surface area contributed by atoms with E-state index in [1.165, 1.54) is 4.90 Å². The Morgan fingerprint density at radius 3 is 2.84 bits per heavy atom. The van der Waals surface area contributed by atoms with E-state index < -0.39 is 9.84 Å². The van der Waals surface area contributed by atoms with Crippen LogP contribution < -0.4 is 5.32 Å². The Hall–Kier alpha value is -1.27. The molecule has 104 valence electrons. The third-order valence-electron chi connectivity index (χ3n) is 3.01. The number of benzene rings is 1. The van der Waals surface area contributed by atoms with E-state index in [1.807, 2.05) is 0 Å². The number of urea groups is 1. The van der Waals surface area contributed by atoms with Gasteiger partial charge in [-0.3, -0.25) is 0 Å². The summed E-state index contributed by atoms with van der Waals surface area (Å²) in [5, 5.41) is 3.25. The third kappa shape index (κ3) is 3.61. The molecule has 1 aromatic rings. The molecule has 1 aliphatic heterocycles. The number of carbonyl (C=O) groups is 1. The zero-order valence-corrected chi connectivity index (χ0v) is 12.0.